The molecule has 176 valence electrons. The molecule has 1 aliphatic rings. The van der Waals surface area contributed by atoms with Gasteiger partial charge >= 0.3 is 0 Å². The Morgan fingerprint density at radius 2 is 1.82 bits per heavy atom. The average Bonchev–Trinajstić information content (AvgIpc) is 2.86. The number of benzene rings is 2. The third kappa shape index (κ3) is 5.87. The summed E-state index contributed by atoms with van der Waals surface area (Å²) in [5, 5.41) is 17.3. The highest BCUT2D eigenvalue weighted by molar-refractivity contribution is 5.83. The minimum Gasteiger partial charge on any atom is -0.389 e. The summed E-state index contributed by atoms with van der Waals surface area (Å²) in [6, 6.07) is 20.2. The normalized spacial score (nSPS) is 17.8. The van der Waals surface area contributed by atoms with E-state index >= 15 is 0 Å². The lowest BCUT2D eigenvalue weighted by molar-refractivity contribution is -0.141. The highest BCUT2D eigenvalue weighted by atomic mass is 16.3. The fourth-order valence-corrected chi connectivity index (χ4v) is 4.40. The van der Waals surface area contributed by atoms with Crippen LogP contribution in [0, 0.1) is 0 Å². The zero-order valence-corrected chi connectivity index (χ0v) is 19.2. The van der Waals surface area contributed by atoms with E-state index in [0.717, 1.165) is 22.3 Å². The van der Waals surface area contributed by atoms with Crippen LogP contribution in [0.15, 0.2) is 79.1 Å². The van der Waals surface area contributed by atoms with Crippen LogP contribution < -0.4 is 10.6 Å². The molecule has 0 radical (unpaired) electrons. The van der Waals surface area contributed by atoms with E-state index in [4.69, 9.17) is 0 Å². The van der Waals surface area contributed by atoms with Gasteiger partial charge in [0.05, 0.1) is 12.1 Å². The molecule has 0 spiro atoms. The van der Waals surface area contributed by atoms with Gasteiger partial charge < -0.3 is 20.6 Å². The van der Waals surface area contributed by atoms with E-state index in [-0.39, 0.29) is 11.8 Å². The third-order valence-electron chi connectivity index (χ3n) is 6.08. The van der Waals surface area contributed by atoms with Crippen molar-refractivity contribution in [2.75, 3.05) is 13.1 Å². The van der Waals surface area contributed by atoms with Gasteiger partial charge in [0.2, 0.25) is 11.8 Å². The van der Waals surface area contributed by atoms with Crippen molar-refractivity contribution in [2.24, 2.45) is 0 Å². The summed E-state index contributed by atoms with van der Waals surface area (Å²) in [5.41, 5.74) is 4.06. The van der Waals surface area contributed by atoms with Gasteiger partial charge in [-0.1, -0.05) is 54.6 Å². The maximum atomic E-state index is 13.2. The topological polar surface area (TPSA) is 94.6 Å². The maximum Gasteiger partial charge on any atom is 0.242 e. The van der Waals surface area contributed by atoms with E-state index in [1.807, 2.05) is 66.7 Å². The number of nitrogens with one attached hydrogen (secondary N) is 2. The second-order valence-corrected chi connectivity index (χ2v) is 8.62. The molecule has 4 rings (SSSR count). The summed E-state index contributed by atoms with van der Waals surface area (Å²) in [5.74, 6) is -0.415. The lowest BCUT2D eigenvalue weighted by atomic mass is 9.93. The molecule has 34 heavy (non-hydrogen) atoms. The van der Waals surface area contributed by atoms with Crippen LogP contribution in [0.1, 0.15) is 18.1 Å². The van der Waals surface area contributed by atoms with Crippen LogP contribution in [0.2, 0.25) is 0 Å². The Morgan fingerprint density at radius 1 is 1.09 bits per heavy atom. The number of pyridine rings is 1. The fourth-order valence-electron chi connectivity index (χ4n) is 4.40. The Morgan fingerprint density at radius 3 is 2.56 bits per heavy atom. The lowest BCUT2D eigenvalue weighted by Gasteiger charge is -2.38. The van der Waals surface area contributed by atoms with Crippen LogP contribution in [0.3, 0.4) is 0 Å². The Bertz CT molecular complexity index is 1110. The monoisotopic (exact) mass is 458 g/mol. The van der Waals surface area contributed by atoms with Crippen molar-refractivity contribution in [1.82, 2.24) is 20.5 Å². The molecule has 1 saturated heterocycles. The predicted molar refractivity (Wildman–Crippen MR) is 131 cm³/mol. The number of hydrogen-bond donors (Lipinski definition) is 3. The number of aliphatic hydroxyl groups is 1. The van der Waals surface area contributed by atoms with E-state index in [1.165, 1.54) is 6.92 Å². The van der Waals surface area contributed by atoms with Crippen LogP contribution in [0.25, 0.3) is 11.1 Å². The third-order valence-corrected chi connectivity index (χ3v) is 6.08. The molecule has 0 aliphatic carbocycles. The number of carbonyl (C=O) groups is 2. The van der Waals surface area contributed by atoms with E-state index in [2.05, 4.69) is 15.6 Å². The highest BCUT2D eigenvalue weighted by Gasteiger charge is 2.38. The summed E-state index contributed by atoms with van der Waals surface area (Å²) in [6.07, 6.45) is 2.80. The summed E-state index contributed by atoms with van der Waals surface area (Å²) in [7, 11) is 0. The Balaban J connectivity index is 1.51. The van der Waals surface area contributed by atoms with Gasteiger partial charge in [-0.25, -0.2) is 0 Å². The standard InChI is InChI=1S/C27H30N4O3/c1-19(32)30-24(17-21-8-5-9-23(16-21)22-10-12-28-13-11-22)26(33)25-27(34)31(15-14-29-25)18-20-6-3-2-4-7-20/h2-13,16,24-26,29,33H,14-15,17-18H2,1H3,(H,30,32)/t24-,25-,26-/m0/s1. The van der Waals surface area contributed by atoms with E-state index in [0.29, 0.717) is 26.1 Å². The zero-order chi connectivity index (χ0) is 23.9. The van der Waals surface area contributed by atoms with E-state index in [9.17, 15) is 14.7 Å². The molecule has 3 aromatic rings. The van der Waals surface area contributed by atoms with Crippen LogP contribution >= 0.6 is 0 Å². The summed E-state index contributed by atoms with van der Waals surface area (Å²) in [6.45, 7) is 3.05. The summed E-state index contributed by atoms with van der Waals surface area (Å²) < 4.78 is 0. The zero-order valence-electron chi connectivity index (χ0n) is 19.2. The molecular formula is C27H30N4O3. The Hall–Kier alpha value is -3.55. The molecule has 0 unspecified atom stereocenters. The molecule has 2 aromatic carbocycles. The molecule has 7 nitrogen and oxygen atoms in total. The van der Waals surface area contributed by atoms with Gasteiger partial charge in [-0.2, -0.15) is 0 Å². The quantitative estimate of drug-likeness (QED) is 0.481. The van der Waals surface area contributed by atoms with Gasteiger partial charge in [0.1, 0.15) is 6.04 Å². The maximum absolute atomic E-state index is 13.2. The second-order valence-electron chi connectivity index (χ2n) is 8.62. The first-order valence-electron chi connectivity index (χ1n) is 11.5. The van der Waals surface area contributed by atoms with Gasteiger partial charge in [-0.15, -0.1) is 0 Å². The van der Waals surface area contributed by atoms with Crippen molar-refractivity contribution in [3.8, 4) is 11.1 Å². The van der Waals surface area contributed by atoms with Crippen LogP contribution in [-0.4, -0.2) is 58.1 Å². The Kier molecular flexibility index (Phi) is 7.67. The van der Waals surface area contributed by atoms with Crippen molar-refractivity contribution in [2.45, 2.75) is 38.1 Å². The number of amides is 2. The predicted octanol–water partition coefficient (Wildman–Crippen LogP) is 2.16. The number of hydrogen-bond acceptors (Lipinski definition) is 5. The summed E-state index contributed by atoms with van der Waals surface area (Å²) >= 11 is 0. The minimum atomic E-state index is -1.08. The molecule has 0 bridgehead atoms. The lowest BCUT2D eigenvalue weighted by Crippen LogP contribution is -2.63. The second kappa shape index (κ2) is 11.0. The molecule has 0 saturated carbocycles. The van der Waals surface area contributed by atoms with Gasteiger partial charge in [0.15, 0.2) is 0 Å². The molecule has 1 aromatic heterocycles. The molecule has 1 aliphatic heterocycles. The molecule has 7 heteroatoms. The first kappa shape index (κ1) is 23.6. The SMILES string of the molecule is CC(=O)N[C@@H](Cc1cccc(-c2ccncc2)c1)[C@H](O)[C@@H]1NCCN(Cc2ccccc2)C1=O. The summed E-state index contributed by atoms with van der Waals surface area (Å²) in [4.78, 5) is 31.0. The number of carbonyl (C=O) groups excluding carboxylic acids is 2. The number of aliphatic hydroxyl groups excluding tert-OH is 1. The number of rotatable bonds is 8. The van der Waals surface area contributed by atoms with Crippen LogP contribution in [0.4, 0.5) is 0 Å². The molecule has 2 amide bonds. The fraction of sp³-hybridized carbons (Fsp3) is 0.296. The largest absolute Gasteiger partial charge is 0.389 e. The smallest absolute Gasteiger partial charge is 0.242 e. The number of nitrogens with zero attached hydrogens (tertiary/aromatic N) is 2. The number of aromatic nitrogens is 1. The molecule has 1 fully saturated rings. The highest BCUT2D eigenvalue weighted by Crippen LogP contribution is 2.21. The molecular weight excluding hydrogens is 428 g/mol. The average molecular weight is 459 g/mol. The van der Waals surface area contributed by atoms with Gasteiger partial charge in [-0.3, -0.25) is 14.6 Å². The van der Waals surface area contributed by atoms with Gasteiger partial charge in [-0.05, 0) is 40.8 Å². The van der Waals surface area contributed by atoms with Crippen molar-refractivity contribution < 1.29 is 14.7 Å². The van der Waals surface area contributed by atoms with Crippen molar-refractivity contribution in [3.63, 3.8) is 0 Å². The van der Waals surface area contributed by atoms with E-state index in [1.54, 1.807) is 17.3 Å². The van der Waals surface area contributed by atoms with E-state index < -0.39 is 18.2 Å². The van der Waals surface area contributed by atoms with Gasteiger partial charge in [0, 0.05) is 39.0 Å². The van der Waals surface area contributed by atoms with Crippen molar-refractivity contribution in [3.05, 3.63) is 90.3 Å². The molecule has 3 N–H and O–H groups in total. The first-order valence-corrected chi connectivity index (χ1v) is 11.5. The van der Waals surface area contributed by atoms with Crippen LogP contribution in [-0.2, 0) is 22.6 Å². The Labute approximate surface area is 199 Å². The van der Waals surface area contributed by atoms with Gasteiger partial charge in [0.25, 0.3) is 0 Å². The van der Waals surface area contributed by atoms with Crippen molar-refractivity contribution >= 4 is 11.8 Å². The van der Waals surface area contributed by atoms with Crippen LogP contribution in [0.5, 0.6) is 0 Å². The first-order chi connectivity index (χ1) is 16.5. The molecule has 2 heterocycles. The minimum absolute atomic E-state index is 0.163. The van der Waals surface area contributed by atoms with Crippen molar-refractivity contribution in [1.29, 1.82) is 0 Å². The molecule has 3 atom stereocenters. The number of piperazine rings is 1.